The van der Waals surface area contributed by atoms with Crippen LogP contribution in [-0.2, 0) is 9.59 Å². The molecule has 4 N–H and O–H groups in total. The van der Waals surface area contributed by atoms with E-state index in [0.29, 0.717) is 12.8 Å². The number of amides is 1. The lowest BCUT2D eigenvalue weighted by Gasteiger charge is -2.11. The minimum atomic E-state index is -0.930. The number of carbonyl (C=O) groups is 2. The molecule has 0 saturated heterocycles. The lowest BCUT2D eigenvalue weighted by Crippen LogP contribution is -2.30. The third-order valence-electron chi connectivity index (χ3n) is 2.39. The molecule has 0 aromatic heterocycles. The van der Waals surface area contributed by atoms with Crippen molar-refractivity contribution in [3.63, 3.8) is 0 Å². The molecule has 0 heterocycles. The summed E-state index contributed by atoms with van der Waals surface area (Å²) >= 11 is 0. The highest BCUT2D eigenvalue weighted by atomic mass is 16.4. The number of carbonyl (C=O) groups excluding carboxylic acids is 1. The number of nitrogens with one attached hydrogen (secondary N) is 2. The first kappa shape index (κ1) is 16.9. The molecule has 1 unspecified atom stereocenters. The number of aliphatic carboxylic acids is 1. The second kappa shape index (κ2) is 9.91. The van der Waals surface area contributed by atoms with Crippen molar-refractivity contribution in [3.8, 4) is 6.07 Å². The van der Waals surface area contributed by atoms with Crippen LogP contribution < -0.4 is 10.6 Å². The van der Waals surface area contributed by atoms with Crippen molar-refractivity contribution in [2.24, 2.45) is 0 Å². The largest absolute Gasteiger partial charge is 0.481 e. The summed E-state index contributed by atoms with van der Waals surface area (Å²) in [7, 11) is 0. The molecular weight excluding hydrogens is 250 g/mol. The molecule has 0 aliphatic carbocycles. The molecule has 0 radical (unpaired) electrons. The quantitative estimate of drug-likeness (QED) is 0.260. The van der Waals surface area contributed by atoms with Gasteiger partial charge in [0.1, 0.15) is 11.6 Å². The van der Waals surface area contributed by atoms with Crippen LogP contribution in [0.25, 0.3) is 0 Å². The van der Waals surface area contributed by atoms with Crippen LogP contribution in [0.5, 0.6) is 0 Å². The number of nitrogens with zero attached hydrogens (tertiary/aromatic N) is 1. The first-order valence-corrected chi connectivity index (χ1v) is 6.02. The molecule has 0 aromatic rings. The molecule has 7 nitrogen and oxygen atoms in total. The van der Waals surface area contributed by atoms with Gasteiger partial charge >= 0.3 is 5.97 Å². The maximum atomic E-state index is 11.6. The minimum Gasteiger partial charge on any atom is -0.481 e. The van der Waals surface area contributed by atoms with Crippen LogP contribution in [0.4, 0.5) is 0 Å². The second-order valence-corrected chi connectivity index (χ2v) is 3.88. The number of hydrogen-bond donors (Lipinski definition) is 4. The zero-order valence-corrected chi connectivity index (χ0v) is 10.8. The number of carboxylic acid groups (broad SMARTS) is 1. The zero-order valence-electron chi connectivity index (χ0n) is 10.8. The molecule has 106 valence electrons. The number of aliphatic hydroxyl groups excluding tert-OH is 1. The monoisotopic (exact) mass is 269 g/mol. The number of carboxylic acids is 1. The summed E-state index contributed by atoms with van der Waals surface area (Å²) < 4.78 is 0. The SMILES string of the molecule is CCC(CO)N/C=C(/C#N)C(=O)NCCCC(=O)O. The first-order chi connectivity index (χ1) is 9.04. The van der Waals surface area contributed by atoms with Crippen molar-refractivity contribution >= 4 is 11.9 Å². The number of aliphatic hydroxyl groups is 1. The van der Waals surface area contributed by atoms with Gasteiger partial charge in [0.25, 0.3) is 5.91 Å². The first-order valence-electron chi connectivity index (χ1n) is 6.02. The number of hydrogen-bond acceptors (Lipinski definition) is 5. The number of rotatable bonds is 9. The fourth-order valence-corrected chi connectivity index (χ4v) is 1.19. The molecule has 0 aromatic carbocycles. The highest BCUT2D eigenvalue weighted by Crippen LogP contribution is 1.95. The molecule has 1 atom stereocenters. The molecule has 0 spiro atoms. The molecule has 0 bridgehead atoms. The van der Waals surface area contributed by atoms with Crippen molar-refractivity contribution in [2.75, 3.05) is 13.2 Å². The van der Waals surface area contributed by atoms with Crippen LogP contribution in [0.15, 0.2) is 11.8 Å². The molecule has 0 aliphatic heterocycles. The summed E-state index contributed by atoms with van der Waals surface area (Å²) in [6.45, 7) is 1.97. The van der Waals surface area contributed by atoms with E-state index in [1.165, 1.54) is 6.20 Å². The lowest BCUT2D eigenvalue weighted by molar-refractivity contribution is -0.137. The normalized spacial score (nSPS) is 12.4. The topological polar surface area (TPSA) is 122 Å². The van der Waals surface area contributed by atoms with Crippen molar-refractivity contribution in [1.82, 2.24) is 10.6 Å². The van der Waals surface area contributed by atoms with E-state index in [0.717, 1.165) is 0 Å². The van der Waals surface area contributed by atoms with Gasteiger partial charge in [0.05, 0.1) is 6.61 Å². The average molecular weight is 269 g/mol. The smallest absolute Gasteiger partial charge is 0.303 e. The summed E-state index contributed by atoms with van der Waals surface area (Å²) in [5, 5.41) is 31.4. The predicted octanol–water partition coefficient (Wildman–Crippen LogP) is -0.265. The molecule has 7 heteroatoms. The standard InChI is InChI=1S/C12H19N3O4/c1-2-10(8-16)15-7-9(6-13)12(19)14-5-3-4-11(17)18/h7,10,15-16H,2-5,8H2,1H3,(H,14,19)(H,17,18)/b9-7-. The van der Waals surface area contributed by atoms with Crippen LogP contribution in [-0.4, -0.2) is 41.3 Å². The van der Waals surface area contributed by atoms with Crippen LogP contribution in [0.2, 0.25) is 0 Å². The highest BCUT2D eigenvalue weighted by Gasteiger charge is 2.09. The van der Waals surface area contributed by atoms with Gasteiger partial charge in [-0.15, -0.1) is 0 Å². The van der Waals surface area contributed by atoms with E-state index in [4.69, 9.17) is 15.5 Å². The van der Waals surface area contributed by atoms with Crippen LogP contribution in [0.1, 0.15) is 26.2 Å². The summed E-state index contributed by atoms with van der Waals surface area (Å²) in [5.41, 5.74) is -0.109. The molecule has 19 heavy (non-hydrogen) atoms. The average Bonchev–Trinajstić information content (AvgIpc) is 2.39. The van der Waals surface area contributed by atoms with Crippen molar-refractivity contribution in [2.45, 2.75) is 32.2 Å². The molecule has 0 aliphatic rings. The second-order valence-electron chi connectivity index (χ2n) is 3.88. The van der Waals surface area contributed by atoms with E-state index in [1.807, 2.05) is 6.92 Å². The molecule has 1 amide bonds. The van der Waals surface area contributed by atoms with Crippen LogP contribution >= 0.6 is 0 Å². The van der Waals surface area contributed by atoms with Gasteiger partial charge < -0.3 is 20.8 Å². The number of nitriles is 1. The van der Waals surface area contributed by atoms with Crippen LogP contribution in [0, 0.1) is 11.3 Å². The van der Waals surface area contributed by atoms with Gasteiger partial charge in [0.15, 0.2) is 0 Å². The van der Waals surface area contributed by atoms with E-state index in [2.05, 4.69) is 10.6 Å². The maximum absolute atomic E-state index is 11.6. The third-order valence-corrected chi connectivity index (χ3v) is 2.39. The third kappa shape index (κ3) is 7.78. The van der Waals surface area contributed by atoms with Gasteiger partial charge in [-0.1, -0.05) is 6.92 Å². The summed E-state index contributed by atoms with van der Waals surface area (Å²) in [6.07, 6.45) is 2.19. The molecule has 0 saturated carbocycles. The predicted molar refractivity (Wildman–Crippen MR) is 67.9 cm³/mol. The fraction of sp³-hybridized carbons (Fsp3) is 0.583. The Morgan fingerprint density at radius 3 is 2.63 bits per heavy atom. The summed E-state index contributed by atoms with van der Waals surface area (Å²) in [4.78, 5) is 21.8. The molecule has 0 fully saturated rings. The maximum Gasteiger partial charge on any atom is 0.303 e. The van der Waals surface area contributed by atoms with E-state index < -0.39 is 11.9 Å². The van der Waals surface area contributed by atoms with Crippen LogP contribution in [0.3, 0.4) is 0 Å². The Hall–Kier alpha value is -2.07. The summed E-state index contributed by atoms with van der Waals surface area (Å²) in [6, 6.07) is 1.54. The van der Waals surface area contributed by atoms with Gasteiger partial charge in [-0.05, 0) is 12.8 Å². The Morgan fingerprint density at radius 2 is 2.16 bits per heavy atom. The Bertz CT molecular complexity index is 370. The van der Waals surface area contributed by atoms with E-state index in [1.54, 1.807) is 6.07 Å². The van der Waals surface area contributed by atoms with E-state index in [9.17, 15) is 9.59 Å². The van der Waals surface area contributed by atoms with Gasteiger partial charge in [-0.3, -0.25) is 9.59 Å². The zero-order chi connectivity index (χ0) is 14.7. The molecule has 0 rings (SSSR count). The van der Waals surface area contributed by atoms with Gasteiger partial charge in [0.2, 0.25) is 0 Å². The Kier molecular flexibility index (Phi) is 8.83. The van der Waals surface area contributed by atoms with Gasteiger partial charge in [-0.25, -0.2) is 0 Å². The van der Waals surface area contributed by atoms with E-state index in [-0.39, 0.29) is 31.2 Å². The minimum absolute atomic E-state index is 0.0352. The van der Waals surface area contributed by atoms with Crippen molar-refractivity contribution < 1.29 is 19.8 Å². The lowest BCUT2D eigenvalue weighted by atomic mass is 10.2. The summed E-state index contributed by atoms with van der Waals surface area (Å²) in [5.74, 6) is -1.49. The van der Waals surface area contributed by atoms with Gasteiger partial charge in [-0.2, -0.15) is 5.26 Å². The van der Waals surface area contributed by atoms with Crippen molar-refractivity contribution in [1.29, 1.82) is 5.26 Å². The Labute approximate surface area is 111 Å². The fourth-order valence-electron chi connectivity index (χ4n) is 1.19. The highest BCUT2D eigenvalue weighted by molar-refractivity contribution is 5.97. The van der Waals surface area contributed by atoms with Gasteiger partial charge in [0, 0.05) is 25.2 Å². The van der Waals surface area contributed by atoms with E-state index >= 15 is 0 Å². The van der Waals surface area contributed by atoms with Crippen molar-refractivity contribution in [3.05, 3.63) is 11.8 Å². The Morgan fingerprint density at radius 1 is 1.47 bits per heavy atom. The molecular formula is C12H19N3O4. The Balaban J connectivity index is 4.21.